The standard InChI is InChI=1S/C15H9Cl4NO/c16-9-4-6-14(13(19)8-9)20-15(21)7-5-10-11(17)2-1-3-12(10)18/h1-8H,(H,20,21). The first-order chi connectivity index (χ1) is 9.97. The molecule has 2 rings (SSSR count). The number of carbonyl (C=O) groups is 1. The van der Waals surface area contributed by atoms with Crippen molar-refractivity contribution < 1.29 is 4.79 Å². The summed E-state index contributed by atoms with van der Waals surface area (Å²) in [5, 5.41) is 4.44. The highest BCUT2D eigenvalue weighted by atomic mass is 35.5. The van der Waals surface area contributed by atoms with Crippen LogP contribution in [0.1, 0.15) is 5.56 Å². The number of hydrogen-bond donors (Lipinski definition) is 1. The molecule has 0 atom stereocenters. The minimum Gasteiger partial charge on any atom is -0.321 e. The van der Waals surface area contributed by atoms with Crippen molar-refractivity contribution in [3.63, 3.8) is 0 Å². The molecule has 0 bridgehead atoms. The minimum absolute atomic E-state index is 0.352. The van der Waals surface area contributed by atoms with Gasteiger partial charge in [0.05, 0.1) is 10.7 Å². The summed E-state index contributed by atoms with van der Waals surface area (Å²) in [6.45, 7) is 0. The van der Waals surface area contributed by atoms with E-state index >= 15 is 0 Å². The van der Waals surface area contributed by atoms with E-state index in [2.05, 4.69) is 5.32 Å². The Labute approximate surface area is 142 Å². The summed E-state index contributed by atoms with van der Waals surface area (Å²) >= 11 is 23.8. The zero-order valence-corrected chi connectivity index (χ0v) is 13.6. The van der Waals surface area contributed by atoms with E-state index in [1.54, 1.807) is 42.5 Å². The SMILES string of the molecule is O=C(C=Cc1c(Cl)cccc1Cl)Nc1ccc(Cl)cc1Cl. The molecule has 0 aliphatic carbocycles. The fourth-order valence-electron chi connectivity index (χ4n) is 1.59. The van der Waals surface area contributed by atoms with E-state index in [0.29, 0.717) is 31.3 Å². The first-order valence-corrected chi connectivity index (χ1v) is 7.36. The Morgan fingerprint density at radius 2 is 1.62 bits per heavy atom. The summed E-state index contributed by atoms with van der Waals surface area (Å²) in [6, 6.07) is 9.93. The van der Waals surface area contributed by atoms with E-state index in [1.807, 2.05) is 0 Å². The van der Waals surface area contributed by atoms with Gasteiger partial charge in [-0.2, -0.15) is 0 Å². The molecule has 21 heavy (non-hydrogen) atoms. The third kappa shape index (κ3) is 4.39. The normalized spacial score (nSPS) is 10.9. The lowest BCUT2D eigenvalue weighted by Gasteiger charge is -2.05. The Morgan fingerprint density at radius 1 is 0.952 bits per heavy atom. The lowest BCUT2D eigenvalue weighted by molar-refractivity contribution is -0.111. The molecule has 0 saturated carbocycles. The van der Waals surface area contributed by atoms with Crippen molar-refractivity contribution in [1.29, 1.82) is 0 Å². The van der Waals surface area contributed by atoms with Crippen LogP contribution in [0.2, 0.25) is 20.1 Å². The highest BCUT2D eigenvalue weighted by Gasteiger charge is 2.05. The number of anilines is 1. The maximum atomic E-state index is 11.9. The van der Waals surface area contributed by atoms with Crippen LogP contribution < -0.4 is 5.32 Å². The first kappa shape index (κ1) is 16.2. The largest absolute Gasteiger partial charge is 0.321 e. The molecular formula is C15H9Cl4NO. The number of rotatable bonds is 3. The zero-order chi connectivity index (χ0) is 15.4. The van der Waals surface area contributed by atoms with Crippen molar-refractivity contribution in [2.24, 2.45) is 0 Å². The van der Waals surface area contributed by atoms with E-state index < -0.39 is 0 Å². The van der Waals surface area contributed by atoms with Gasteiger partial charge in [0.1, 0.15) is 0 Å². The van der Waals surface area contributed by atoms with Crippen LogP contribution in [0.15, 0.2) is 42.5 Å². The maximum Gasteiger partial charge on any atom is 0.248 e. The second-order valence-electron chi connectivity index (χ2n) is 4.08. The van der Waals surface area contributed by atoms with Gasteiger partial charge >= 0.3 is 0 Å². The van der Waals surface area contributed by atoms with Gasteiger partial charge in [0, 0.05) is 26.7 Å². The van der Waals surface area contributed by atoms with Gasteiger partial charge in [-0.25, -0.2) is 0 Å². The number of amides is 1. The maximum absolute atomic E-state index is 11.9. The predicted octanol–water partition coefficient (Wildman–Crippen LogP) is 5.95. The number of carbonyl (C=O) groups excluding carboxylic acids is 1. The molecule has 0 spiro atoms. The van der Waals surface area contributed by atoms with Crippen LogP contribution in [0.3, 0.4) is 0 Å². The molecular weight excluding hydrogens is 352 g/mol. The van der Waals surface area contributed by atoms with Gasteiger partial charge in [-0.1, -0.05) is 52.5 Å². The van der Waals surface area contributed by atoms with Crippen LogP contribution in [-0.2, 0) is 4.79 Å². The molecule has 0 fully saturated rings. The topological polar surface area (TPSA) is 29.1 Å². The van der Waals surface area contributed by atoms with Gasteiger partial charge < -0.3 is 5.32 Å². The summed E-state index contributed by atoms with van der Waals surface area (Å²) in [7, 11) is 0. The number of benzene rings is 2. The summed E-state index contributed by atoms with van der Waals surface area (Å²) in [6.07, 6.45) is 2.88. The Hall–Kier alpha value is -1.19. The van der Waals surface area contributed by atoms with Gasteiger partial charge in [-0.3, -0.25) is 4.79 Å². The third-order valence-electron chi connectivity index (χ3n) is 2.59. The predicted molar refractivity (Wildman–Crippen MR) is 90.6 cm³/mol. The Morgan fingerprint density at radius 3 is 2.24 bits per heavy atom. The summed E-state index contributed by atoms with van der Waals surface area (Å²) in [4.78, 5) is 11.9. The Balaban J connectivity index is 2.13. The van der Waals surface area contributed by atoms with Crippen LogP contribution in [0.4, 0.5) is 5.69 Å². The van der Waals surface area contributed by atoms with Gasteiger partial charge in [0.25, 0.3) is 0 Å². The molecule has 0 heterocycles. The molecule has 0 unspecified atom stereocenters. The van der Waals surface area contributed by atoms with Gasteiger partial charge in [-0.05, 0) is 36.4 Å². The second-order valence-corrected chi connectivity index (χ2v) is 5.74. The lowest BCUT2D eigenvalue weighted by Crippen LogP contribution is -2.08. The minimum atomic E-state index is -0.352. The van der Waals surface area contributed by atoms with Crippen molar-refractivity contribution in [2.45, 2.75) is 0 Å². The summed E-state index contributed by atoms with van der Waals surface area (Å²) < 4.78 is 0. The van der Waals surface area contributed by atoms with Crippen LogP contribution >= 0.6 is 46.4 Å². The van der Waals surface area contributed by atoms with Gasteiger partial charge in [-0.15, -0.1) is 0 Å². The molecule has 2 aromatic rings. The van der Waals surface area contributed by atoms with E-state index in [1.165, 1.54) is 6.08 Å². The van der Waals surface area contributed by atoms with Crippen LogP contribution in [0.25, 0.3) is 6.08 Å². The number of hydrogen-bond acceptors (Lipinski definition) is 1. The Bertz CT molecular complexity index is 693. The van der Waals surface area contributed by atoms with Crippen molar-refractivity contribution in [3.05, 3.63) is 68.1 Å². The van der Waals surface area contributed by atoms with Crippen molar-refractivity contribution in [3.8, 4) is 0 Å². The molecule has 108 valence electrons. The van der Waals surface area contributed by atoms with E-state index in [4.69, 9.17) is 46.4 Å². The molecule has 6 heteroatoms. The fraction of sp³-hybridized carbons (Fsp3) is 0. The van der Waals surface area contributed by atoms with Crippen LogP contribution in [0, 0.1) is 0 Å². The van der Waals surface area contributed by atoms with Crippen molar-refractivity contribution in [1.82, 2.24) is 0 Å². The fourth-order valence-corrected chi connectivity index (χ4v) is 2.57. The molecule has 0 radical (unpaired) electrons. The molecule has 0 aliphatic rings. The quantitative estimate of drug-likeness (QED) is 0.673. The van der Waals surface area contributed by atoms with E-state index in [-0.39, 0.29) is 5.91 Å². The van der Waals surface area contributed by atoms with Crippen LogP contribution in [-0.4, -0.2) is 5.91 Å². The summed E-state index contributed by atoms with van der Waals surface area (Å²) in [5.74, 6) is -0.352. The number of halogens is 4. The molecule has 1 amide bonds. The summed E-state index contributed by atoms with van der Waals surface area (Å²) in [5.41, 5.74) is 1.05. The third-order valence-corrected chi connectivity index (χ3v) is 3.80. The van der Waals surface area contributed by atoms with Crippen molar-refractivity contribution >= 4 is 64.1 Å². The average molecular weight is 361 g/mol. The Kier molecular flexibility index (Phi) is 5.54. The van der Waals surface area contributed by atoms with Crippen molar-refractivity contribution in [2.75, 3.05) is 5.32 Å². The molecule has 0 saturated heterocycles. The lowest BCUT2D eigenvalue weighted by atomic mass is 10.2. The van der Waals surface area contributed by atoms with E-state index in [9.17, 15) is 4.79 Å². The number of nitrogens with one attached hydrogen (secondary N) is 1. The average Bonchev–Trinajstić information content (AvgIpc) is 2.41. The van der Waals surface area contributed by atoms with Gasteiger partial charge in [0.2, 0.25) is 5.91 Å². The van der Waals surface area contributed by atoms with Gasteiger partial charge in [0.15, 0.2) is 0 Å². The molecule has 0 aromatic heterocycles. The molecule has 0 aliphatic heterocycles. The molecule has 1 N–H and O–H groups in total. The molecule has 2 nitrogen and oxygen atoms in total. The first-order valence-electron chi connectivity index (χ1n) is 5.85. The van der Waals surface area contributed by atoms with E-state index in [0.717, 1.165) is 0 Å². The monoisotopic (exact) mass is 359 g/mol. The second kappa shape index (κ2) is 7.19. The molecule has 2 aromatic carbocycles. The highest BCUT2D eigenvalue weighted by Crippen LogP contribution is 2.27. The smallest absolute Gasteiger partial charge is 0.248 e. The zero-order valence-electron chi connectivity index (χ0n) is 10.5. The van der Waals surface area contributed by atoms with Crippen LogP contribution in [0.5, 0.6) is 0 Å². The highest BCUT2D eigenvalue weighted by molar-refractivity contribution is 6.37.